The van der Waals surface area contributed by atoms with Crippen molar-refractivity contribution in [3.63, 3.8) is 0 Å². The van der Waals surface area contributed by atoms with E-state index in [1.54, 1.807) is 0 Å². The van der Waals surface area contributed by atoms with Crippen LogP contribution in [0.1, 0.15) is 44.6 Å². The van der Waals surface area contributed by atoms with E-state index in [1.165, 1.54) is 18.4 Å². The minimum absolute atomic E-state index is 0.117. The standard InChI is InChI=1S/C31H33N7/c1-31(2)18-32-13-12-26(31)38(3)30-27-23(19-9-10-19)16-33-17-25(27)36-29(37-30)21-11-14-34-28-22(21)15-24(35-28)20-7-5-4-6-8-20/h4-8,11,14-17,19,26,32H,9-10,12-13,18H2,1-3H3,(H,34,35). The number of nitrogens with one attached hydrogen (secondary N) is 2. The molecule has 1 aromatic carbocycles. The molecule has 7 nitrogen and oxygen atoms in total. The Morgan fingerprint density at radius 1 is 1.00 bits per heavy atom. The minimum Gasteiger partial charge on any atom is -0.355 e. The fraction of sp³-hybridized carbons (Fsp3) is 0.355. The van der Waals surface area contributed by atoms with E-state index in [2.05, 4.69) is 76.4 Å². The molecule has 192 valence electrons. The molecule has 7 rings (SSSR count). The van der Waals surface area contributed by atoms with E-state index in [4.69, 9.17) is 9.97 Å². The van der Waals surface area contributed by atoms with Crippen LogP contribution < -0.4 is 10.2 Å². The van der Waals surface area contributed by atoms with Crippen LogP contribution in [0.5, 0.6) is 0 Å². The third kappa shape index (κ3) is 3.93. The van der Waals surface area contributed by atoms with Gasteiger partial charge >= 0.3 is 0 Å². The Kier molecular flexibility index (Phi) is 5.44. The van der Waals surface area contributed by atoms with Gasteiger partial charge in [0.1, 0.15) is 11.5 Å². The van der Waals surface area contributed by atoms with Crippen LogP contribution in [-0.4, -0.2) is 51.1 Å². The van der Waals surface area contributed by atoms with Crippen molar-refractivity contribution in [2.45, 2.75) is 45.1 Å². The number of hydrogen-bond acceptors (Lipinski definition) is 6. The van der Waals surface area contributed by atoms with E-state index in [1.807, 2.05) is 30.7 Å². The Balaban J connectivity index is 1.43. The van der Waals surface area contributed by atoms with E-state index in [0.717, 1.165) is 64.1 Å². The van der Waals surface area contributed by atoms with Crippen LogP contribution in [0.2, 0.25) is 0 Å². The molecule has 5 heterocycles. The first-order valence-electron chi connectivity index (χ1n) is 13.6. The summed E-state index contributed by atoms with van der Waals surface area (Å²) in [5.41, 5.74) is 6.30. The molecule has 1 unspecified atom stereocenters. The summed E-state index contributed by atoms with van der Waals surface area (Å²) in [5, 5.41) is 5.76. The van der Waals surface area contributed by atoms with E-state index in [0.29, 0.717) is 17.8 Å². The molecule has 2 N–H and O–H groups in total. The highest BCUT2D eigenvalue weighted by atomic mass is 15.2. The Hall–Kier alpha value is -3.84. The molecule has 7 heteroatoms. The molecule has 2 fully saturated rings. The number of piperidine rings is 1. The molecule has 0 spiro atoms. The second-order valence-electron chi connectivity index (χ2n) is 11.5. The molecule has 1 atom stereocenters. The lowest BCUT2D eigenvalue weighted by molar-refractivity contribution is 0.215. The van der Waals surface area contributed by atoms with Gasteiger partial charge < -0.3 is 15.2 Å². The van der Waals surface area contributed by atoms with Gasteiger partial charge in [0.25, 0.3) is 0 Å². The third-order valence-electron chi connectivity index (χ3n) is 8.37. The zero-order valence-electron chi connectivity index (χ0n) is 22.2. The molecule has 1 saturated heterocycles. The highest BCUT2D eigenvalue weighted by Gasteiger charge is 2.37. The van der Waals surface area contributed by atoms with E-state index >= 15 is 0 Å². The SMILES string of the molecule is CN(c1nc(-c2ccnc3[nH]c(-c4ccccc4)cc23)nc2cncc(C3CC3)c12)C1CCNCC1(C)C. The quantitative estimate of drug-likeness (QED) is 0.309. The van der Waals surface area contributed by atoms with Gasteiger partial charge in [0.2, 0.25) is 0 Å². The van der Waals surface area contributed by atoms with Crippen molar-refractivity contribution >= 4 is 27.8 Å². The number of aromatic nitrogens is 5. The van der Waals surface area contributed by atoms with Gasteiger partial charge in [-0.1, -0.05) is 44.2 Å². The zero-order valence-corrected chi connectivity index (χ0v) is 22.2. The van der Waals surface area contributed by atoms with Crippen LogP contribution in [0, 0.1) is 5.41 Å². The molecular weight excluding hydrogens is 470 g/mol. The summed E-state index contributed by atoms with van der Waals surface area (Å²) in [6.45, 7) is 6.71. The lowest BCUT2D eigenvalue weighted by Gasteiger charge is -2.45. The average Bonchev–Trinajstić information content (AvgIpc) is 3.69. The summed E-state index contributed by atoms with van der Waals surface area (Å²) in [6, 6.07) is 14.9. The number of fused-ring (bicyclic) bond motifs is 2. The summed E-state index contributed by atoms with van der Waals surface area (Å²) < 4.78 is 0. The normalized spacial score (nSPS) is 19.2. The summed E-state index contributed by atoms with van der Waals surface area (Å²) in [7, 11) is 2.21. The molecule has 38 heavy (non-hydrogen) atoms. The van der Waals surface area contributed by atoms with Crippen LogP contribution in [0.3, 0.4) is 0 Å². The number of hydrogen-bond donors (Lipinski definition) is 2. The Labute approximate surface area is 222 Å². The van der Waals surface area contributed by atoms with Gasteiger partial charge in [0, 0.05) is 54.1 Å². The van der Waals surface area contributed by atoms with E-state index in [-0.39, 0.29) is 5.41 Å². The second kappa shape index (κ2) is 8.88. The number of nitrogens with zero attached hydrogens (tertiary/aromatic N) is 5. The maximum absolute atomic E-state index is 5.34. The van der Waals surface area contributed by atoms with Gasteiger partial charge in [0.05, 0.1) is 11.7 Å². The van der Waals surface area contributed by atoms with Crippen molar-refractivity contribution in [3.05, 3.63) is 66.6 Å². The maximum Gasteiger partial charge on any atom is 0.163 e. The Morgan fingerprint density at radius 3 is 2.63 bits per heavy atom. The van der Waals surface area contributed by atoms with Crippen LogP contribution in [0.25, 0.3) is 44.6 Å². The van der Waals surface area contributed by atoms with Crippen molar-refractivity contribution < 1.29 is 0 Å². The number of rotatable bonds is 5. The molecule has 0 radical (unpaired) electrons. The summed E-state index contributed by atoms with van der Waals surface area (Å²) >= 11 is 0. The van der Waals surface area contributed by atoms with Gasteiger partial charge in [-0.05, 0) is 60.4 Å². The molecular formula is C31H33N7. The lowest BCUT2D eigenvalue weighted by Crippen LogP contribution is -2.53. The van der Waals surface area contributed by atoms with Crippen LogP contribution in [0.4, 0.5) is 5.82 Å². The van der Waals surface area contributed by atoms with Gasteiger partial charge in [-0.15, -0.1) is 0 Å². The Bertz CT molecular complexity index is 1640. The monoisotopic (exact) mass is 503 g/mol. The van der Waals surface area contributed by atoms with Crippen LogP contribution >= 0.6 is 0 Å². The second-order valence-corrected chi connectivity index (χ2v) is 11.5. The third-order valence-corrected chi connectivity index (χ3v) is 8.37. The largest absolute Gasteiger partial charge is 0.355 e. The highest BCUT2D eigenvalue weighted by molar-refractivity contribution is 5.98. The molecule has 1 aliphatic heterocycles. The number of pyridine rings is 2. The molecule has 1 saturated carbocycles. The topological polar surface area (TPSA) is 82.6 Å². The van der Waals surface area contributed by atoms with E-state index in [9.17, 15) is 0 Å². The van der Waals surface area contributed by atoms with E-state index < -0.39 is 0 Å². The number of anilines is 1. The molecule has 0 amide bonds. The predicted octanol–water partition coefficient (Wildman–Crippen LogP) is 5.94. The molecule has 4 aromatic heterocycles. The molecule has 2 aliphatic rings. The first kappa shape index (κ1) is 23.3. The van der Waals surface area contributed by atoms with Crippen molar-refractivity contribution in [3.8, 4) is 22.6 Å². The van der Waals surface area contributed by atoms with Gasteiger partial charge in [-0.25, -0.2) is 15.0 Å². The molecule has 5 aromatic rings. The van der Waals surface area contributed by atoms with Crippen molar-refractivity contribution in [2.75, 3.05) is 25.0 Å². The first-order valence-corrected chi connectivity index (χ1v) is 13.6. The number of aromatic amines is 1. The van der Waals surface area contributed by atoms with Crippen LogP contribution in [-0.2, 0) is 0 Å². The first-order chi connectivity index (χ1) is 18.5. The maximum atomic E-state index is 5.34. The summed E-state index contributed by atoms with van der Waals surface area (Å²) in [6.07, 6.45) is 9.28. The summed E-state index contributed by atoms with van der Waals surface area (Å²) in [5.74, 6) is 2.28. The van der Waals surface area contributed by atoms with Crippen molar-refractivity contribution in [1.29, 1.82) is 0 Å². The zero-order chi connectivity index (χ0) is 25.9. The van der Waals surface area contributed by atoms with Crippen molar-refractivity contribution in [1.82, 2.24) is 30.2 Å². The number of H-pyrrole nitrogens is 1. The Morgan fingerprint density at radius 2 is 1.84 bits per heavy atom. The molecule has 0 bridgehead atoms. The lowest BCUT2D eigenvalue weighted by atomic mass is 9.79. The fourth-order valence-corrected chi connectivity index (χ4v) is 6.19. The summed E-state index contributed by atoms with van der Waals surface area (Å²) in [4.78, 5) is 25.6. The minimum atomic E-state index is 0.117. The highest BCUT2D eigenvalue weighted by Crippen LogP contribution is 2.46. The van der Waals surface area contributed by atoms with Crippen LogP contribution in [0.15, 0.2) is 61.1 Å². The average molecular weight is 504 g/mol. The predicted molar refractivity (Wildman–Crippen MR) is 153 cm³/mol. The fourth-order valence-electron chi connectivity index (χ4n) is 6.19. The van der Waals surface area contributed by atoms with Gasteiger partial charge in [-0.3, -0.25) is 4.98 Å². The van der Waals surface area contributed by atoms with Gasteiger partial charge in [-0.2, -0.15) is 0 Å². The molecule has 1 aliphatic carbocycles. The van der Waals surface area contributed by atoms with Crippen molar-refractivity contribution in [2.24, 2.45) is 5.41 Å². The smallest absolute Gasteiger partial charge is 0.163 e. The van der Waals surface area contributed by atoms with Gasteiger partial charge in [0.15, 0.2) is 5.82 Å². The number of benzene rings is 1.